The van der Waals surface area contributed by atoms with Crippen LogP contribution in [0.4, 0.5) is 0 Å². The smallest absolute Gasteiger partial charge is 0.263 e. The van der Waals surface area contributed by atoms with Crippen LogP contribution >= 0.6 is 0 Å². The molecule has 0 rings (SSSR count). The van der Waals surface area contributed by atoms with Crippen molar-refractivity contribution >= 4 is 5.91 Å². The summed E-state index contributed by atoms with van der Waals surface area (Å²) >= 11 is 0. The average Bonchev–Trinajstić information content (AvgIpc) is 1.85. The average molecular weight is 169 g/mol. The molecule has 1 atom stereocenters. The highest BCUT2D eigenvalue weighted by Gasteiger charge is 2.22. The van der Waals surface area contributed by atoms with Gasteiger partial charge in [0, 0.05) is 5.54 Å². The molecule has 0 aromatic carbocycles. The Balaban J connectivity index is 4.23. The van der Waals surface area contributed by atoms with Crippen molar-refractivity contribution in [1.82, 2.24) is 5.32 Å². The minimum Gasteiger partial charge on any atom is -0.349 e. The third kappa shape index (κ3) is 3.66. The summed E-state index contributed by atoms with van der Waals surface area (Å²) in [5.74, 6) is -0.653. The summed E-state index contributed by atoms with van der Waals surface area (Å²) < 4.78 is 0. The third-order valence-electron chi connectivity index (χ3n) is 0.974. The molecule has 1 N–H and O–H groups in total. The van der Waals surface area contributed by atoms with Crippen molar-refractivity contribution in [2.24, 2.45) is 5.18 Å². The molecule has 66 valence electrons. The van der Waals surface area contributed by atoms with Gasteiger partial charge in [0.15, 0.2) is 0 Å². The first-order valence-electron chi connectivity index (χ1n) is 3.45. The van der Waals surface area contributed by atoms with Crippen LogP contribution in [0.3, 0.4) is 0 Å². The van der Waals surface area contributed by atoms with E-state index in [9.17, 15) is 9.70 Å². The number of nitriles is 1. The van der Waals surface area contributed by atoms with Gasteiger partial charge in [0.2, 0.25) is 0 Å². The fourth-order valence-electron chi connectivity index (χ4n) is 0.568. The van der Waals surface area contributed by atoms with Gasteiger partial charge in [-0.2, -0.15) is 5.26 Å². The molecule has 0 radical (unpaired) electrons. The van der Waals surface area contributed by atoms with Crippen molar-refractivity contribution in [2.75, 3.05) is 0 Å². The molecular weight excluding hydrogens is 158 g/mol. The Morgan fingerprint density at radius 2 is 2.08 bits per heavy atom. The summed E-state index contributed by atoms with van der Waals surface area (Å²) in [6.45, 7) is 5.26. The van der Waals surface area contributed by atoms with Crippen LogP contribution in [-0.4, -0.2) is 17.5 Å². The van der Waals surface area contributed by atoms with Gasteiger partial charge in [-0.1, -0.05) is 0 Å². The van der Waals surface area contributed by atoms with Gasteiger partial charge in [0.05, 0.1) is 0 Å². The lowest BCUT2D eigenvalue weighted by atomic mass is 10.1. The zero-order chi connectivity index (χ0) is 9.78. The topological polar surface area (TPSA) is 82.3 Å². The van der Waals surface area contributed by atoms with Gasteiger partial charge < -0.3 is 5.32 Å². The van der Waals surface area contributed by atoms with E-state index in [1.54, 1.807) is 20.8 Å². The van der Waals surface area contributed by atoms with Crippen molar-refractivity contribution in [1.29, 1.82) is 5.26 Å². The zero-order valence-corrected chi connectivity index (χ0v) is 7.29. The van der Waals surface area contributed by atoms with E-state index in [0.717, 1.165) is 0 Å². The Bertz CT molecular complexity index is 224. The zero-order valence-electron chi connectivity index (χ0n) is 7.29. The van der Waals surface area contributed by atoms with Crippen LogP contribution in [0, 0.1) is 16.2 Å². The Kier molecular flexibility index (Phi) is 3.35. The molecule has 1 amide bonds. The largest absolute Gasteiger partial charge is 0.349 e. The lowest BCUT2D eigenvalue weighted by Crippen LogP contribution is -2.44. The molecule has 1 unspecified atom stereocenters. The van der Waals surface area contributed by atoms with Crippen LogP contribution < -0.4 is 5.32 Å². The lowest BCUT2D eigenvalue weighted by molar-refractivity contribution is -0.122. The predicted octanol–water partition coefficient (Wildman–Crippen LogP) is 0.560. The summed E-state index contributed by atoms with van der Waals surface area (Å²) in [5, 5.41) is 13.1. The van der Waals surface area contributed by atoms with Crippen molar-refractivity contribution in [3.63, 3.8) is 0 Å². The molecule has 0 aliphatic carbocycles. The van der Waals surface area contributed by atoms with Crippen molar-refractivity contribution in [3.8, 4) is 6.07 Å². The summed E-state index contributed by atoms with van der Waals surface area (Å²) in [6, 6.07) is 0.0423. The van der Waals surface area contributed by atoms with Crippen LogP contribution in [-0.2, 0) is 4.79 Å². The van der Waals surface area contributed by atoms with E-state index in [2.05, 4.69) is 10.5 Å². The molecule has 0 aliphatic rings. The second-order valence-corrected chi connectivity index (χ2v) is 3.38. The second-order valence-electron chi connectivity index (χ2n) is 3.38. The monoisotopic (exact) mass is 169 g/mol. The number of nitrogens with one attached hydrogen (secondary N) is 1. The second kappa shape index (κ2) is 3.81. The van der Waals surface area contributed by atoms with E-state index in [1.165, 1.54) is 6.07 Å². The highest BCUT2D eigenvalue weighted by molar-refractivity contribution is 5.85. The number of nitroso groups, excluding NO2 is 1. The highest BCUT2D eigenvalue weighted by atomic mass is 16.3. The number of carbonyl (C=O) groups is 1. The minimum absolute atomic E-state index is 0.448. The molecule has 5 nitrogen and oxygen atoms in total. The number of hydrogen-bond acceptors (Lipinski definition) is 4. The Labute approximate surface area is 70.7 Å². The highest BCUT2D eigenvalue weighted by Crippen LogP contribution is 2.00. The molecule has 12 heavy (non-hydrogen) atoms. The van der Waals surface area contributed by atoms with E-state index >= 15 is 0 Å². The molecule has 5 heteroatoms. The molecule has 0 saturated carbocycles. The van der Waals surface area contributed by atoms with E-state index in [4.69, 9.17) is 5.26 Å². The van der Waals surface area contributed by atoms with Gasteiger partial charge >= 0.3 is 0 Å². The third-order valence-corrected chi connectivity index (χ3v) is 0.974. The van der Waals surface area contributed by atoms with Gasteiger partial charge in [-0.25, -0.2) is 0 Å². The standard InChI is InChI=1S/C7H11N3O2/c1-7(2,3)9-6(11)5(4-8)10-12/h5H,1-3H3,(H,9,11). The molecular formula is C7H11N3O2. The summed E-state index contributed by atoms with van der Waals surface area (Å²) in [5.41, 5.74) is -0.448. The fourth-order valence-corrected chi connectivity index (χ4v) is 0.568. The number of amides is 1. The minimum atomic E-state index is -1.44. The number of hydrogen-bond donors (Lipinski definition) is 1. The van der Waals surface area contributed by atoms with E-state index in [0.29, 0.717) is 0 Å². The SMILES string of the molecule is CC(C)(C)NC(=O)C(C#N)N=O. The van der Waals surface area contributed by atoms with Crippen LogP contribution in [0.1, 0.15) is 20.8 Å². The quantitative estimate of drug-likeness (QED) is 0.613. The first kappa shape index (κ1) is 10.6. The van der Waals surface area contributed by atoms with Crippen LogP contribution in [0.25, 0.3) is 0 Å². The normalized spacial score (nSPS) is 12.8. The Hall–Kier alpha value is -1.44. The molecule has 0 heterocycles. The molecule has 0 aromatic heterocycles. The van der Waals surface area contributed by atoms with Gasteiger partial charge in [0.25, 0.3) is 11.9 Å². The van der Waals surface area contributed by atoms with Crippen LogP contribution in [0.2, 0.25) is 0 Å². The van der Waals surface area contributed by atoms with Crippen LogP contribution in [0.15, 0.2) is 5.18 Å². The molecule has 0 saturated heterocycles. The van der Waals surface area contributed by atoms with Gasteiger partial charge in [-0.15, -0.1) is 4.91 Å². The first-order valence-corrected chi connectivity index (χ1v) is 3.45. The molecule has 0 fully saturated rings. The van der Waals surface area contributed by atoms with Crippen molar-refractivity contribution < 1.29 is 4.79 Å². The molecule has 0 aromatic rings. The van der Waals surface area contributed by atoms with Gasteiger partial charge in [0.1, 0.15) is 6.07 Å². The summed E-state index contributed by atoms with van der Waals surface area (Å²) in [6.07, 6.45) is 0. The maximum Gasteiger partial charge on any atom is 0.263 e. The number of nitrogens with zero attached hydrogens (tertiary/aromatic N) is 2. The number of carbonyl (C=O) groups excluding carboxylic acids is 1. The summed E-state index contributed by atoms with van der Waals surface area (Å²) in [4.78, 5) is 20.9. The van der Waals surface area contributed by atoms with Gasteiger partial charge in [-0.3, -0.25) is 4.79 Å². The summed E-state index contributed by atoms with van der Waals surface area (Å²) in [7, 11) is 0. The maximum absolute atomic E-state index is 11.0. The molecule has 0 spiro atoms. The molecule has 0 aliphatic heterocycles. The maximum atomic E-state index is 11.0. The van der Waals surface area contributed by atoms with Gasteiger partial charge in [-0.05, 0) is 25.9 Å². The predicted molar refractivity (Wildman–Crippen MR) is 43.1 cm³/mol. The fraction of sp³-hybridized carbons (Fsp3) is 0.714. The van der Waals surface area contributed by atoms with Crippen molar-refractivity contribution in [3.05, 3.63) is 4.91 Å². The number of rotatable bonds is 2. The Morgan fingerprint density at radius 3 is 2.33 bits per heavy atom. The van der Waals surface area contributed by atoms with E-state index in [1.807, 2.05) is 0 Å². The van der Waals surface area contributed by atoms with Crippen molar-refractivity contribution in [2.45, 2.75) is 32.4 Å². The first-order chi connectivity index (χ1) is 5.40. The Morgan fingerprint density at radius 1 is 1.58 bits per heavy atom. The van der Waals surface area contributed by atoms with E-state index in [-0.39, 0.29) is 0 Å². The van der Waals surface area contributed by atoms with Crippen LogP contribution in [0.5, 0.6) is 0 Å². The lowest BCUT2D eigenvalue weighted by Gasteiger charge is -2.20. The molecule has 0 bridgehead atoms. The van der Waals surface area contributed by atoms with E-state index < -0.39 is 17.5 Å².